The average molecular weight is 406 g/mol. The Balaban J connectivity index is 1.50. The molecule has 0 saturated carbocycles. The van der Waals surface area contributed by atoms with Crippen LogP contribution >= 0.6 is 0 Å². The fraction of sp³-hybridized carbons (Fsp3) is 0.350. The van der Waals surface area contributed by atoms with Crippen LogP contribution in [0, 0.1) is 6.92 Å². The van der Waals surface area contributed by atoms with E-state index in [0.717, 1.165) is 17.8 Å². The highest BCUT2D eigenvalue weighted by molar-refractivity contribution is 6.39. The van der Waals surface area contributed by atoms with E-state index in [0.29, 0.717) is 37.4 Å². The Morgan fingerprint density at radius 3 is 2.34 bits per heavy atom. The van der Waals surface area contributed by atoms with E-state index in [9.17, 15) is 22.8 Å². The summed E-state index contributed by atoms with van der Waals surface area (Å²) < 4.78 is 37.9. The van der Waals surface area contributed by atoms with Crippen LogP contribution in [0.4, 0.5) is 24.7 Å². The zero-order chi connectivity index (χ0) is 21.0. The van der Waals surface area contributed by atoms with Crippen molar-refractivity contribution in [1.29, 1.82) is 0 Å². The van der Waals surface area contributed by atoms with Gasteiger partial charge in [0, 0.05) is 31.0 Å². The van der Waals surface area contributed by atoms with Gasteiger partial charge in [0.2, 0.25) is 0 Å². The van der Waals surface area contributed by atoms with Crippen molar-refractivity contribution in [1.82, 2.24) is 10.3 Å². The molecule has 29 heavy (non-hydrogen) atoms. The van der Waals surface area contributed by atoms with Crippen molar-refractivity contribution in [3.05, 3.63) is 53.7 Å². The lowest BCUT2D eigenvalue weighted by Gasteiger charge is -2.33. The Morgan fingerprint density at radius 1 is 1.07 bits per heavy atom. The molecule has 2 amide bonds. The summed E-state index contributed by atoms with van der Waals surface area (Å²) in [5, 5.41) is 5.30. The van der Waals surface area contributed by atoms with Gasteiger partial charge < -0.3 is 15.5 Å². The standard InChI is InChI=1S/C20H21F3N4O2/c1-13-4-2-3-5-16(13)26-19(29)18(28)25-15-8-10-27(11-9-15)17-7-6-14(12-24-17)20(21,22)23/h2-7,12,15H,8-11H2,1H3,(H,25,28)(H,26,29). The number of halogens is 3. The molecule has 2 aromatic rings. The van der Waals surface area contributed by atoms with E-state index >= 15 is 0 Å². The number of benzene rings is 1. The van der Waals surface area contributed by atoms with Crippen molar-refractivity contribution in [2.75, 3.05) is 23.3 Å². The maximum Gasteiger partial charge on any atom is 0.417 e. The number of para-hydroxylation sites is 1. The second kappa shape index (κ2) is 8.50. The van der Waals surface area contributed by atoms with Gasteiger partial charge in [-0.15, -0.1) is 0 Å². The van der Waals surface area contributed by atoms with Crippen molar-refractivity contribution in [2.24, 2.45) is 0 Å². The van der Waals surface area contributed by atoms with Gasteiger partial charge in [-0.2, -0.15) is 13.2 Å². The summed E-state index contributed by atoms with van der Waals surface area (Å²) in [6.07, 6.45) is -2.47. The molecule has 1 fully saturated rings. The normalized spacial score (nSPS) is 15.1. The third kappa shape index (κ3) is 5.24. The summed E-state index contributed by atoms with van der Waals surface area (Å²) in [4.78, 5) is 30.0. The molecule has 154 valence electrons. The Bertz CT molecular complexity index is 876. The van der Waals surface area contributed by atoms with Gasteiger partial charge >= 0.3 is 18.0 Å². The SMILES string of the molecule is Cc1ccccc1NC(=O)C(=O)NC1CCN(c2ccc(C(F)(F)F)cn2)CC1. The number of hydrogen-bond donors (Lipinski definition) is 2. The molecule has 0 bridgehead atoms. The highest BCUT2D eigenvalue weighted by Crippen LogP contribution is 2.29. The number of carbonyl (C=O) groups is 2. The molecule has 0 atom stereocenters. The van der Waals surface area contributed by atoms with Crippen LogP contribution < -0.4 is 15.5 Å². The zero-order valence-corrected chi connectivity index (χ0v) is 15.8. The fourth-order valence-corrected chi connectivity index (χ4v) is 3.14. The highest BCUT2D eigenvalue weighted by Gasteiger charge is 2.31. The molecule has 3 rings (SSSR count). The second-order valence-electron chi connectivity index (χ2n) is 6.91. The van der Waals surface area contributed by atoms with Gasteiger partial charge in [-0.1, -0.05) is 18.2 Å². The van der Waals surface area contributed by atoms with E-state index in [1.807, 2.05) is 24.0 Å². The molecule has 1 aliphatic rings. The number of carbonyl (C=O) groups excluding carboxylic acids is 2. The van der Waals surface area contributed by atoms with E-state index in [1.54, 1.807) is 12.1 Å². The molecule has 0 radical (unpaired) electrons. The minimum absolute atomic E-state index is 0.184. The van der Waals surface area contributed by atoms with E-state index in [1.165, 1.54) is 6.07 Å². The van der Waals surface area contributed by atoms with E-state index < -0.39 is 23.6 Å². The summed E-state index contributed by atoms with van der Waals surface area (Å²) in [6.45, 7) is 2.87. The van der Waals surface area contributed by atoms with Crippen LogP contribution in [0.3, 0.4) is 0 Å². The van der Waals surface area contributed by atoms with Crippen LogP contribution in [0.2, 0.25) is 0 Å². The Morgan fingerprint density at radius 2 is 1.76 bits per heavy atom. The third-order valence-electron chi connectivity index (χ3n) is 4.83. The van der Waals surface area contributed by atoms with E-state index in [4.69, 9.17) is 0 Å². The number of aromatic nitrogens is 1. The molecule has 1 aliphatic heterocycles. The van der Waals surface area contributed by atoms with E-state index in [2.05, 4.69) is 15.6 Å². The van der Waals surface area contributed by atoms with Gasteiger partial charge in [0.25, 0.3) is 0 Å². The average Bonchev–Trinajstić information content (AvgIpc) is 2.69. The first-order valence-electron chi connectivity index (χ1n) is 9.19. The fourth-order valence-electron chi connectivity index (χ4n) is 3.14. The molecule has 1 aromatic heterocycles. The molecule has 2 heterocycles. The smallest absolute Gasteiger partial charge is 0.356 e. The van der Waals surface area contributed by atoms with Crippen molar-refractivity contribution < 1.29 is 22.8 Å². The molecular weight excluding hydrogens is 385 g/mol. The molecule has 1 saturated heterocycles. The van der Waals surface area contributed by atoms with Crippen LogP contribution in [-0.4, -0.2) is 35.9 Å². The minimum Gasteiger partial charge on any atom is -0.356 e. The number of alkyl halides is 3. The highest BCUT2D eigenvalue weighted by atomic mass is 19.4. The molecule has 1 aromatic carbocycles. The van der Waals surface area contributed by atoms with E-state index in [-0.39, 0.29) is 6.04 Å². The van der Waals surface area contributed by atoms with Gasteiger partial charge in [-0.05, 0) is 43.5 Å². The topological polar surface area (TPSA) is 74.3 Å². The van der Waals surface area contributed by atoms with Crippen LogP contribution in [0.5, 0.6) is 0 Å². The Hall–Kier alpha value is -3.10. The van der Waals surface area contributed by atoms with Crippen molar-refractivity contribution in [3.8, 4) is 0 Å². The molecule has 0 unspecified atom stereocenters. The molecule has 9 heteroatoms. The summed E-state index contributed by atoms with van der Waals surface area (Å²) in [6, 6.07) is 9.32. The number of hydrogen-bond acceptors (Lipinski definition) is 4. The predicted octanol–water partition coefficient (Wildman–Crippen LogP) is 3.13. The number of nitrogens with zero attached hydrogens (tertiary/aromatic N) is 2. The lowest BCUT2D eigenvalue weighted by atomic mass is 10.0. The third-order valence-corrected chi connectivity index (χ3v) is 4.83. The minimum atomic E-state index is -4.42. The van der Waals surface area contributed by atoms with Gasteiger partial charge in [0.1, 0.15) is 5.82 Å². The summed E-state index contributed by atoms with van der Waals surface area (Å²) in [5.74, 6) is -0.981. The maximum atomic E-state index is 12.6. The number of anilines is 2. The molecule has 6 nitrogen and oxygen atoms in total. The number of amides is 2. The zero-order valence-electron chi connectivity index (χ0n) is 15.8. The quantitative estimate of drug-likeness (QED) is 0.768. The molecule has 0 aliphatic carbocycles. The van der Waals surface area contributed by atoms with Crippen LogP contribution in [0.25, 0.3) is 0 Å². The first kappa shape index (κ1) is 20.6. The number of nitrogens with one attached hydrogen (secondary N) is 2. The number of pyridine rings is 1. The summed E-state index contributed by atoms with van der Waals surface area (Å²) >= 11 is 0. The Kier molecular flexibility index (Phi) is 6.05. The van der Waals surface area contributed by atoms with Crippen LogP contribution in [0.1, 0.15) is 24.0 Å². The second-order valence-corrected chi connectivity index (χ2v) is 6.91. The first-order valence-corrected chi connectivity index (χ1v) is 9.19. The lowest BCUT2D eigenvalue weighted by molar-refractivity contribution is -0.137. The summed E-state index contributed by atoms with van der Waals surface area (Å²) in [7, 11) is 0. The van der Waals surface area contributed by atoms with Crippen LogP contribution in [-0.2, 0) is 15.8 Å². The Labute approximate surface area is 166 Å². The van der Waals surface area contributed by atoms with Gasteiger partial charge in [-0.25, -0.2) is 4.98 Å². The van der Waals surface area contributed by atoms with Crippen molar-refractivity contribution in [2.45, 2.75) is 32.0 Å². The largest absolute Gasteiger partial charge is 0.417 e. The summed E-state index contributed by atoms with van der Waals surface area (Å²) in [5.41, 5.74) is 0.643. The van der Waals surface area contributed by atoms with Gasteiger partial charge in [0.15, 0.2) is 0 Å². The van der Waals surface area contributed by atoms with Crippen molar-refractivity contribution >= 4 is 23.3 Å². The van der Waals surface area contributed by atoms with Gasteiger partial charge in [-0.3, -0.25) is 9.59 Å². The van der Waals surface area contributed by atoms with Crippen molar-refractivity contribution in [3.63, 3.8) is 0 Å². The predicted molar refractivity (Wildman–Crippen MR) is 102 cm³/mol. The number of rotatable bonds is 3. The molecule has 0 spiro atoms. The number of aryl methyl sites for hydroxylation is 1. The lowest BCUT2D eigenvalue weighted by Crippen LogP contribution is -2.48. The molecular formula is C20H21F3N4O2. The van der Waals surface area contributed by atoms with Crippen LogP contribution in [0.15, 0.2) is 42.6 Å². The van der Waals surface area contributed by atoms with Gasteiger partial charge in [0.05, 0.1) is 5.56 Å². The maximum absolute atomic E-state index is 12.6. The number of piperidine rings is 1. The monoisotopic (exact) mass is 406 g/mol. The molecule has 2 N–H and O–H groups in total. The first-order chi connectivity index (χ1) is 13.7.